The lowest BCUT2D eigenvalue weighted by Gasteiger charge is -2.31. The van der Waals surface area contributed by atoms with Gasteiger partial charge in [-0.15, -0.1) is 0 Å². The topological polar surface area (TPSA) is 47.7 Å². The van der Waals surface area contributed by atoms with E-state index in [2.05, 4.69) is 4.90 Å². The van der Waals surface area contributed by atoms with Crippen LogP contribution in [0.5, 0.6) is 0 Å². The largest absolute Gasteiger partial charge is 0.382 e. The van der Waals surface area contributed by atoms with Gasteiger partial charge in [0.05, 0.1) is 19.8 Å². The van der Waals surface area contributed by atoms with Crippen molar-refractivity contribution in [3.8, 4) is 0 Å². The lowest BCUT2D eigenvalue weighted by Crippen LogP contribution is -2.38. The number of ether oxygens (including phenoxy) is 2. The summed E-state index contributed by atoms with van der Waals surface area (Å²) in [5, 5.41) is 0. The van der Waals surface area contributed by atoms with Crippen LogP contribution in [0.4, 0.5) is 0 Å². The first-order valence-corrected chi connectivity index (χ1v) is 5.86. The van der Waals surface area contributed by atoms with Gasteiger partial charge < -0.3 is 20.1 Å². The molecular formula is C11H24N2O2. The van der Waals surface area contributed by atoms with Crippen LogP contribution in [-0.2, 0) is 9.47 Å². The molecule has 0 aromatic carbocycles. The van der Waals surface area contributed by atoms with E-state index in [1.807, 2.05) is 0 Å². The molecule has 1 heterocycles. The van der Waals surface area contributed by atoms with Gasteiger partial charge in [0, 0.05) is 13.7 Å². The van der Waals surface area contributed by atoms with Gasteiger partial charge in [0.25, 0.3) is 0 Å². The molecule has 0 aliphatic carbocycles. The van der Waals surface area contributed by atoms with E-state index in [0.717, 1.165) is 25.6 Å². The zero-order chi connectivity index (χ0) is 10.9. The maximum Gasteiger partial charge on any atom is 0.0700 e. The highest BCUT2D eigenvalue weighted by atomic mass is 16.5. The number of hydrogen-bond donors (Lipinski definition) is 1. The van der Waals surface area contributed by atoms with Crippen LogP contribution < -0.4 is 5.73 Å². The SMILES string of the molecule is COCCOCCN1CCC(CN)CC1. The van der Waals surface area contributed by atoms with E-state index in [4.69, 9.17) is 15.2 Å². The van der Waals surface area contributed by atoms with Gasteiger partial charge in [0.1, 0.15) is 0 Å². The predicted molar refractivity (Wildman–Crippen MR) is 60.9 cm³/mol. The second kappa shape index (κ2) is 8.05. The fraction of sp³-hybridized carbons (Fsp3) is 1.00. The smallest absolute Gasteiger partial charge is 0.0700 e. The Balaban J connectivity index is 1.94. The quantitative estimate of drug-likeness (QED) is 0.623. The first-order chi connectivity index (χ1) is 7.36. The maximum atomic E-state index is 5.65. The van der Waals surface area contributed by atoms with Gasteiger partial charge in [-0.2, -0.15) is 0 Å². The van der Waals surface area contributed by atoms with Gasteiger partial charge in [-0.1, -0.05) is 0 Å². The van der Waals surface area contributed by atoms with E-state index in [1.165, 1.54) is 25.9 Å². The second-order valence-electron chi connectivity index (χ2n) is 4.13. The Morgan fingerprint density at radius 2 is 1.93 bits per heavy atom. The van der Waals surface area contributed by atoms with Crippen LogP contribution in [0.25, 0.3) is 0 Å². The van der Waals surface area contributed by atoms with Crippen LogP contribution >= 0.6 is 0 Å². The number of rotatable bonds is 7. The lowest BCUT2D eigenvalue weighted by atomic mass is 9.97. The molecule has 4 nitrogen and oxygen atoms in total. The lowest BCUT2D eigenvalue weighted by molar-refractivity contribution is 0.0513. The molecule has 90 valence electrons. The molecule has 1 aliphatic rings. The van der Waals surface area contributed by atoms with Crippen molar-refractivity contribution < 1.29 is 9.47 Å². The Kier molecular flexibility index (Phi) is 6.92. The zero-order valence-electron chi connectivity index (χ0n) is 9.78. The summed E-state index contributed by atoms with van der Waals surface area (Å²) >= 11 is 0. The van der Waals surface area contributed by atoms with Gasteiger partial charge in [-0.25, -0.2) is 0 Å². The molecule has 0 radical (unpaired) electrons. The molecule has 0 bridgehead atoms. The average Bonchev–Trinajstić information content (AvgIpc) is 2.30. The van der Waals surface area contributed by atoms with E-state index < -0.39 is 0 Å². The number of nitrogens with zero attached hydrogens (tertiary/aromatic N) is 1. The first kappa shape index (κ1) is 12.9. The monoisotopic (exact) mass is 216 g/mol. The fourth-order valence-corrected chi connectivity index (χ4v) is 1.88. The fourth-order valence-electron chi connectivity index (χ4n) is 1.88. The van der Waals surface area contributed by atoms with E-state index in [0.29, 0.717) is 13.2 Å². The summed E-state index contributed by atoms with van der Waals surface area (Å²) in [7, 11) is 1.70. The summed E-state index contributed by atoms with van der Waals surface area (Å²) in [6, 6.07) is 0. The standard InChI is InChI=1S/C11H24N2O2/c1-14-8-9-15-7-6-13-4-2-11(10-12)3-5-13/h11H,2-10,12H2,1H3. The Bertz CT molecular complexity index is 148. The summed E-state index contributed by atoms with van der Waals surface area (Å²) in [6.07, 6.45) is 2.49. The number of methoxy groups -OCH3 is 1. The molecule has 0 unspecified atom stereocenters. The van der Waals surface area contributed by atoms with Crippen molar-refractivity contribution in [1.82, 2.24) is 4.90 Å². The highest BCUT2D eigenvalue weighted by Gasteiger charge is 2.17. The van der Waals surface area contributed by atoms with Crippen LogP contribution in [0.1, 0.15) is 12.8 Å². The summed E-state index contributed by atoms with van der Waals surface area (Å²) < 4.78 is 10.3. The Labute approximate surface area is 92.7 Å². The van der Waals surface area contributed by atoms with Gasteiger partial charge in [0.15, 0.2) is 0 Å². The van der Waals surface area contributed by atoms with E-state index in [-0.39, 0.29) is 0 Å². The summed E-state index contributed by atoms with van der Waals surface area (Å²) in [6.45, 7) is 6.45. The van der Waals surface area contributed by atoms with E-state index in [1.54, 1.807) is 7.11 Å². The van der Waals surface area contributed by atoms with E-state index in [9.17, 15) is 0 Å². The minimum Gasteiger partial charge on any atom is -0.382 e. The molecule has 1 fully saturated rings. The Morgan fingerprint density at radius 3 is 2.53 bits per heavy atom. The van der Waals surface area contributed by atoms with Gasteiger partial charge in [-0.05, 0) is 38.4 Å². The summed E-state index contributed by atoms with van der Waals surface area (Å²) in [5.41, 5.74) is 5.65. The van der Waals surface area contributed by atoms with Crippen molar-refractivity contribution in [3.05, 3.63) is 0 Å². The Hall–Kier alpha value is -0.160. The van der Waals surface area contributed by atoms with Crippen molar-refractivity contribution in [2.24, 2.45) is 11.7 Å². The maximum absolute atomic E-state index is 5.65. The number of nitrogens with two attached hydrogens (primary N) is 1. The molecule has 0 saturated carbocycles. The van der Waals surface area contributed by atoms with Crippen LogP contribution in [-0.4, -0.2) is 58.0 Å². The highest BCUT2D eigenvalue weighted by Crippen LogP contribution is 2.14. The zero-order valence-corrected chi connectivity index (χ0v) is 9.78. The van der Waals surface area contributed by atoms with Crippen LogP contribution in [0.2, 0.25) is 0 Å². The first-order valence-electron chi connectivity index (χ1n) is 5.86. The predicted octanol–water partition coefficient (Wildman–Crippen LogP) is 0.320. The second-order valence-corrected chi connectivity index (χ2v) is 4.13. The minimum atomic E-state index is 0.690. The molecule has 15 heavy (non-hydrogen) atoms. The van der Waals surface area contributed by atoms with E-state index >= 15 is 0 Å². The molecule has 0 amide bonds. The highest BCUT2D eigenvalue weighted by molar-refractivity contribution is 4.72. The molecule has 1 saturated heterocycles. The van der Waals surface area contributed by atoms with Crippen molar-refractivity contribution in [2.75, 3.05) is 53.1 Å². The van der Waals surface area contributed by atoms with Crippen LogP contribution in [0.15, 0.2) is 0 Å². The normalized spacial score (nSPS) is 19.6. The molecule has 1 rings (SSSR count). The third-order valence-corrected chi connectivity index (χ3v) is 3.02. The molecule has 2 N–H and O–H groups in total. The molecular weight excluding hydrogens is 192 g/mol. The molecule has 0 aromatic heterocycles. The summed E-state index contributed by atoms with van der Waals surface area (Å²) in [4.78, 5) is 2.46. The van der Waals surface area contributed by atoms with Gasteiger partial charge >= 0.3 is 0 Å². The van der Waals surface area contributed by atoms with Crippen LogP contribution in [0, 0.1) is 5.92 Å². The minimum absolute atomic E-state index is 0.690. The molecule has 0 aromatic rings. The van der Waals surface area contributed by atoms with Gasteiger partial charge in [-0.3, -0.25) is 0 Å². The molecule has 4 heteroatoms. The van der Waals surface area contributed by atoms with Crippen molar-refractivity contribution in [2.45, 2.75) is 12.8 Å². The number of hydrogen-bond acceptors (Lipinski definition) is 4. The Morgan fingerprint density at radius 1 is 1.20 bits per heavy atom. The third-order valence-electron chi connectivity index (χ3n) is 3.02. The molecule has 0 spiro atoms. The van der Waals surface area contributed by atoms with Crippen LogP contribution in [0.3, 0.4) is 0 Å². The van der Waals surface area contributed by atoms with Crippen molar-refractivity contribution >= 4 is 0 Å². The summed E-state index contributed by atoms with van der Waals surface area (Å²) in [5.74, 6) is 0.746. The number of piperidine rings is 1. The van der Waals surface area contributed by atoms with Crippen molar-refractivity contribution in [3.63, 3.8) is 0 Å². The molecule has 0 atom stereocenters. The van der Waals surface area contributed by atoms with Crippen molar-refractivity contribution in [1.29, 1.82) is 0 Å². The molecule has 1 aliphatic heterocycles. The third kappa shape index (κ3) is 5.47. The number of likely N-dealkylation sites (tertiary alicyclic amines) is 1. The average molecular weight is 216 g/mol. The van der Waals surface area contributed by atoms with Gasteiger partial charge in [0.2, 0.25) is 0 Å².